The molecular formula is C16H18N6O7S2. The molecule has 15 heteroatoms. The molecular weight excluding hydrogens is 452 g/mol. The molecule has 1 aromatic rings. The van der Waals surface area contributed by atoms with Crippen LogP contribution in [0.25, 0.3) is 0 Å². The van der Waals surface area contributed by atoms with Crippen molar-refractivity contribution in [1.29, 1.82) is 0 Å². The molecule has 1 saturated heterocycles. The van der Waals surface area contributed by atoms with Gasteiger partial charge in [0.05, 0.1) is 0 Å². The van der Waals surface area contributed by atoms with Crippen molar-refractivity contribution < 1.29 is 34.2 Å². The van der Waals surface area contributed by atoms with Crippen LogP contribution in [0.1, 0.15) is 5.69 Å². The van der Waals surface area contributed by atoms with Crippen LogP contribution in [0.5, 0.6) is 0 Å². The van der Waals surface area contributed by atoms with Crippen molar-refractivity contribution in [2.75, 3.05) is 32.2 Å². The summed E-state index contributed by atoms with van der Waals surface area (Å²) in [6, 6.07) is -1.04. The lowest BCUT2D eigenvalue weighted by atomic mass is 10.0. The van der Waals surface area contributed by atoms with Gasteiger partial charge in [-0.2, -0.15) is 0 Å². The van der Waals surface area contributed by atoms with Crippen LogP contribution in [0.4, 0.5) is 9.93 Å². The minimum Gasteiger partial charge on any atom is -0.477 e. The summed E-state index contributed by atoms with van der Waals surface area (Å²) in [5, 5.41) is 25.0. The average molecular weight is 470 g/mol. The van der Waals surface area contributed by atoms with Gasteiger partial charge in [0.25, 0.3) is 11.8 Å². The fourth-order valence-electron chi connectivity index (χ4n) is 2.89. The lowest BCUT2D eigenvalue weighted by Gasteiger charge is -2.49. The molecule has 3 heterocycles. The van der Waals surface area contributed by atoms with Gasteiger partial charge in [-0.25, -0.2) is 14.6 Å². The Kier molecular flexibility index (Phi) is 6.35. The summed E-state index contributed by atoms with van der Waals surface area (Å²) in [4.78, 5) is 54.6. The Morgan fingerprint density at radius 3 is 2.71 bits per heavy atom. The molecule has 0 radical (unpaired) electrons. The summed E-state index contributed by atoms with van der Waals surface area (Å²) >= 11 is 2.24. The number of hydrogen-bond donors (Lipinski definition) is 4. The number of aromatic nitrogens is 1. The summed E-state index contributed by atoms with van der Waals surface area (Å²) in [5.74, 6) is -2.70. The van der Waals surface area contributed by atoms with E-state index in [9.17, 15) is 29.5 Å². The lowest BCUT2D eigenvalue weighted by molar-refractivity contribution is -0.150. The maximum absolute atomic E-state index is 12.6. The number of β-lactam (4-membered cyclic amide) rings is 1. The van der Waals surface area contributed by atoms with Gasteiger partial charge < -0.3 is 31.0 Å². The molecule has 0 aromatic carbocycles. The number of thioether (sulfide) groups is 1. The highest BCUT2D eigenvalue weighted by molar-refractivity contribution is 8.00. The second-order valence-electron chi connectivity index (χ2n) is 6.59. The Balaban J connectivity index is 1.74. The number of carboxylic acid groups (broad SMARTS) is 1. The maximum atomic E-state index is 12.6. The smallest absolute Gasteiger partial charge is 0.409 e. The van der Waals surface area contributed by atoms with Crippen LogP contribution < -0.4 is 11.1 Å². The number of anilines is 1. The maximum Gasteiger partial charge on any atom is 0.409 e. The van der Waals surface area contributed by atoms with E-state index in [2.05, 4.69) is 15.5 Å². The molecule has 2 aliphatic rings. The third-order valence-corrected chi connectivity index (χ3v) is 6.36. The molecule has 0 aliphatic carbocycles. The lowest BCUT2D eigenvalue weighted by Crippen LogP contribution is -2.71. The second kappa shape index (κ2) is 8.81. The van der Waals surface area contributed by atoms with Gasteiger partial charge in [-0.05, 0) is 0 Å². The van der Waals surface area contributed by atoms with Crippen LogP contribution in [-0.2, 0) is 19.1 Å². The molecule has 1 fully saturated rings. The molecule has 1 aromatic heterocycles. The summed E-state index contributed by atoms with van der Waals surface area (Å²) in [7, 11) is 2.97. The first-order valence-corrected chi connectivity index (χ1v) is 10.6. The summed E-state index contributed by atoms with van der Waals surface area (Å²) in [5.41, 5.74) is 5.11. The number of nitrogens with one attached hydrogen (secondary N) is 1. The zero-order chi connectivity index (χ0) is 22.9. The van der Waals surface area contributed by atoms with Gasteiger partial charge >= 0.3 is 12.1 Å². The highest BCUT2D eigenvalue weighted by atomic mass is 32.2. The SMILES string of the molecule is CN(C)C(=O)OCC1=C(C(=O)O)N2C(=O)C(NC(=O)/C(=N/O)c3csc(N)n3)[C@H]2SC1. The molecule has 166 valence electrons. The number of carbonyl (C=O) groups excluding carboxylic acids is 3. The standard InChI is InChI=1S/C16H18N6O7S2/c1-21(2)16(27)29-3-6-4-30-13-9(12(24)22(13)10(6)14(25)26)19-11(23)8(20-28)7-5-31-15(17)18-7/h5,9,13,28H,3-4H2,1-2H3,(H2,17,18)(H,19,23)(H,25,26)/b20-8+/t9?,13-/m1/s1. The predicted molar refractivity (Wildman–Crippen MR) is 110 cm³/mol. The molecule has 2 atom stereocenters. The number of rotatable bonds is 6. The van der Waals surface area contributed by atoms with Gasteiger partial charge in [0.15, 0.2) is 10.8 Å². The number of hydrogen-bond acceptors (Lipinski definition) is 11. The Morgan fingerprint density at radius 1 is 1.45 bits per heavy atom. The monoisotopic (exact) mass is 470 g/mol. The zero-order valence-electron chi connectivity index (χ0n) is 16.3. The topological polar surface area (TPSA) is 188 Å². The number of fused-ring (bicyclic) bond motifs is 1. The van der Waals surface area contributed by atoms with Crippen molar-refractivity contribution in [1.82, 2.24) is 20.1 Å². The van der Waals surface area contributed by atoms with Crippen LogP contribution in [0, 0.1) is 0 Å². The van der Waals surface area contributed by atoms with Gasteiger partial charge in [-0.1, -0.05) is 5.16 Å². The zero-order valence-corrected chi connectivity index (χ0v) is 17.9. The fourth-order valence-corrected chi connectivity index (χ4v) is 4.77. The van der Waals surface area contributed by atoms with Crippen LogP contribution in [-0.4, -0.2) is 92.6 Å². The van der Waals surface area contributed by atoms with Crippen molar-refractivity contribution >= 4 is 57.8 Å². The molecule has 0 saturated carbocycles. The van der Waals surface area contributed by atoms with E-state index in [1.165, 1.54) is 36.1 Å². The summed E-state index contributed by atoms with van der Waals surface area (Å²) in [6.45, 7) is -0.286. The number of thiazole rings is 1. The first-order chi connectivity index (χ1) is 14.6. The van der Waals surface area contributed by atoms with E-state index in [0.29, 0.717) is 0 Å². The Labute approximate surface area is 183 Å². The first-order valence-electron chi connectivity index (χ1n) is 8.64. The number of ether oxygens (including phenoxy) is 1. The number of nitrogen functional groups attached to an aromatic ring is 1. The Hall–Kier alpha value is -3.33. The molecule has 0 bridgehead atoms. The molecule has 5 N–H and O–H groups in total. The van der Waals surface area contributed by atoms with Crippen molar-refractivity contribution in [3.05, 3.63) is 22.3 Å². The fraction of sp³-hybridized carbons (Fsp3) is 0.375. The van der Waals surface area contributed by atoms with E-state index in [1.807, 2.05) is 0 Å². The van der Waals surface area contributed by atoms with Crippen LogP contribution in [0.3, 0.4) is 0 Å². The summed E-state index contributed by atoms with van der Waals surface area (Å²) in [6.07, 6.45) is -0.650. The number of carbonyl (C=O) groups is 4. The second-order valence-corrected chi connectivity index (χ2v) is 8.58. The molecule has 0 spiro atoms. The van der Waals surface area contributed by atoms with Gasteiger partial charge in [0.1, 0.15) is 29.4 Å². The molecule has 31 heavy (non-hydrogen) atoms. The minimum atomic E-state index is -1.35. The third kappa shape index (κ3) is 4.27. The van der Waals surface area contributed by atoms with Gasteiger partial charge in [0.2, 0.25) is 0 Å². The van der Waals surface area contributed by atoms with Gasteiger partial charge in [-0.15, -0.1) is 23.1 Å². The highest BCUT2D eigenvalue weighted by Crippen LogP contribution is 2.40. The largest absolute Gasteiger partial charge is 0.477 e. The number of aliphatic carboxylic acids is 1. The van der Waals surface area contributed by atoms with E-state index in [4.69, 9.17) is 10.5 Å². The van der Waals surface area contributed by atoms with Crippen molar-refractivity contribution in [2.24, 2.45) is 5.16 Å². The average Bonchev–Trinajstić information content (AvgIpc) is 3.15. The van der Waals surface area contributed by atoms with Gasteiger partial charge in [0, 0.05) is 30.8 Å². The number of oxime groups is 1. The van der Waals surface area contributed by atoms with Crippen LogP contribution in [0.15, 0.2) is 21.8 Å². The van der Waals surface area contributed by atoms with Crippen molar-refractivity contribution in [2.45, 2.75) is 11.4 Å². The number of carboxylic acids is 1. The van der Waals surface area contributed by atoms with Crippen molar-refractivity contribution in [3.63, 3.8) is 0 Å². The van der Waals surface area contributed by atoms with E-state index in [-0.39, 0.29) is 34.5 Å². The van der Waals surface area contributed by atoms with Crippen LogP contribution in [0.2, 0.25) is 0 Å². The Bertz CT molecular complexity index is 1000. The normalized spacial score (nSPS) is 20.6. The number of amides is 3. The number of nitrogens with zero attached hydrogens (tertiary/aromatic N) is 4. The Morgan fingerprint density at radius 2 is 2.16 bits per heavy atom. The van der Waals surface area contributed by atoms with E-state index in [0.717, 1.165) is 16.2 Å². The molecule has 3 rings (SSSR count). The quantitative estimate of drug-likeness (QED) is 0.180. The molecule has 1 unspecified atom stereocenters. The molecule has 13 nitrogen and oxygen atoms in total. The van der Waals surface area contributed by atoms with E-state index >= 15 is 0 Å². The summed E-state index contributed by atoms with van der Waals surface area (Å²) < 4.78 is 5.04. The highest BCUT2D eigenvalue weighted by Gasteiger charge is 2.54. The third-order valence-electron chi connectivity index (χ3n) is 4.35. The van der Waals surface area contributed by atoms with E-state index in [1.54, 1.807) is 0 Å². The predicted octanol–water partition coefficient (Wildman–Crippen LogP) is -0.660. The number of nitrogens with two attached hydrogens (primary N) is 1. The molecule has 2 aliphatic heterocycles. The molecule has 3 amide bonds. The van der Waals surface area contributed by atoms with Gasteiger partial charge in [-0.3, -0.25) is 14.5 Å². The van der Waals surface area contributed by atoms with E-state index < -0.39 is 41.0 Å². The minimum absolute atomic E-state index is 0.0403. The van der Waals surface area contributed by atoms with Crippen molar-refractivity contribution in [3.8, 4) is 0 Å². The van der Waals surface area contributed by atoms with Crippen LogP contribution >= 0.6 is 23.1 Å². The first kappa shape index (κ1) is 22.4.